The Labute approximate surface area is 122 Å². The molecule has 0 saturated heterocycles. The van der Waals surface area contributed by atoms with Crippen molar-refractivity contribution in [2.45, 2.75) is 51.0 Å². The summed E-state index contributed by atoms with van der Waals surface area (Å²) in [6, 6.07) is 3.04. The van der Waals surface area contributed by atoms with Gasteiger partial charge in [-0.15, -0.1) is 0 Å². The summed E-state index contributed by atoms with van der Waals surface area (Å²) in [7, 11) is 0. The summed E-state index contributed by atoms with van der Waals surface area (Å²) in [6.07, 6.45) is 7.37. The molecule has 0 spiro atoms. The van der Waals surface area contributed by atoms with E-state index >= 15 is 0 Å². The predicted octanol–water partition coefficient (Wildman–Crippen LogP) is 3.58. The Morgan fingerprint density at radius 2 is 1.81 bits per heavy atom. The second-order valence-electron chi connectivity index (χ2n) is 5.44. The van der Waals surface area contributed by atoms with Crippen LogP contribution in [0.25, 0.3) is 0 Å². The molecule has 1 saturated carbocycles. The Hall–Kier alpha value is -1.98. The molecule has 2 rings (SSSR count). The van der Waals surface area contributed by atoms with Crippen molar-refractivity contribution < 1.29 is 14.1 Å². The third kappa shape index (κ3) is 4.24. The van der Waals surface area contributed by atoms with E-state index in [9.17, 15) is 19.3 Å². The summed E-state index contributed by atoms with van der Waals surface area (Å²) >= 11 is 0. The van der Waals surface area contributed by atoms with Gasteiger partial charge in [-0.3, -0.25) is 14.9 Å². The van der Waals surface area contributed by atoms with Crippen LogP contribution < -0.4 is 5.32 Å². The number of non-ortho nitro benzene ring substituents is 1. The van der Waals surface area contributed by atoms with E-state index in [2.05, 4.69) is 5.32 Å². The van der Waals surface area contributed by atoms with E-state index in [-0.39, 0.29) is 17.3 Å². The fourth-order valence-corrected chi connectivity index (χ4v) is 2.66. The zero-order valence-electron chi connectivity index (χ0n) is 11.8. The van der Waals surface area contributed by atoms with Crippen LogP contribution in [0.4, 0.5) is 10.1 Å². The van der Waals surface area contributed by atoms with Crippen molar-refractivity contribution in [1.29, 1.82) is 0 Å². The van der Waals surface area contributed by atoms with Crippen molar-refractivity contribution >= 4 is 11.6 Å². The summed E-state index contributed by atoms with van der Waals surface area (Å²) in [4.78, 5) is 22.2. The number of rotatable bonds is 3. The van der Waals surface area contributed by atoms with Gasteiger partial charge in [-0.1, -0.05) is 32.1 Å². The maximum absolute atomic E-state index is 13.7. The molecule has 1 aliphatic rings. The van der Waals surface area contributed by atoms with Crippen molar-refractivity contribution in [3.63, 3.8) is 0 Å². The fraction of sp³-hybridized carbons (Fsp3) is 0.533. The Morgan fingerprint density at radius 1 is 1.19 bits per heavy atom. The molecule has 0 atom stereocenters. The van der Waals surface area contributed by atoms with Gasteiger partial charge in [0.05, 0.1) is 10.5 Å². The fourth-order valence-electron chi connectivity index (χ4n) is 2.66. The average Bonchev–Trinajstić information content (AvgIpc) is 2.41. The van der Waals surface area contributed by atoms with E-state index in [1.165, 1.54) is 6.42 Å². The number of carbonyl (C=O) groups excluding carboxylic acids is 1. The lowest BCUT2D eigenvalue weighted by Gasteiger charge is -2.21. The van der Waals surface area contributed by atoms with Gasteiger partial charge in [0.2, 0.25) is 0 Å². The number of benzene rings is 1. The number of hydrogen-bond donors (Lipinski definition) is 1. The first-order valence-corrected chi connectivity index (χ1v) is 7.33. The number of carbonyl (C=O) groups is 1. The molecule has 1 amide bonds. The molecular formula is C15H19FN2O3. The highest BCUT2D eigenvalue weighted by atomic mass is 19.1. The van der Waals surface area contributed by atoms with Gasteiger partial charge in [0.1, 0.15) is 5.82 Å². The van der Waals surface area contributed by atoms with E-state index in [1.807, 2.05) is 0 Å². The molecule has 0 heterocycles. The number of nitrogens with one attached hydrogen (secondary N) is 1. The number of halogens is 1. The Kier molecular flexibility index (Phi) is 5.25. The number of nitro benzene ring substituents is 1. The van der Waals surface area contributed by atoms with Crippen molar-refractivity contribution in [1.82, 2.24) is 5.32 Å². The van der Waals surface area contributed by atoms with Crippen LogP contribution in [0, 0.1) is 15.9 Å². The van der Waals surface area contributed by atoms with Crippen LogP contribution >= 0.6 is 0 Å². The van der Waals surface area contributed by atoms with E-state index in [0.29, 0.717) is 0 Å². The minimum absolute atomic E-state index is 0.0245. The first-order chi connectivity index (χ1) is 10.1. The smallest absolute Gasteiger partial charge is 0.270 e. The van der Waals surface area contributed by atoms with Gasteiger partial charge in [0.15, 0.2) is 0 Å². The topological polar surface area (TPSA) is 72.2 Å². The third-order valence-corrected chi connectivity index (χ3v) is 3.85. The molecule has 0 unspecified atom stereocenters. The minimum Gasteiger partial charge on any atom is -0.349 e. The van der Waals surface area contributed by atoms with Crippen molar-refractivity contribution in [3.05, 3.63) is 39.7 Å². The number of amides is 1. The first kappa shape index (κ1) is 15.4. The molecule has 1 aliphatic carbocycles. The standard InChI is InChI=1S/C15H19FN2O3/c16-14-9-8-12(18(20)21)10-13(14)15(19)17-11-6-4-2-1-3-5-7-11/h8-11H,1-7H2,(H,17,19). The van der Waals surface area contributed by atoms with Crippen LogP contribution in [-0.4, -0.2) is 16.9 Å². The molecule has 1 aromatic carbocycles. The Morgan fingerprint density at radius 3 is 2.43 bits per heavy atom. The first-order valence-electron chi connectivity index (χ1n) is 7.33. The minimum atomic E-state index is -0.732. The number of hydrogen-bond acceptors (Lipinski definition) is 3. The quantitative estimate of drug-likeness (QED) is 0.684. The van der Waals surface area contributed by atoms with Gasteiger partial charge in [-0.2, -0.15) is 0 Å². The van der Waals surface area contributed by atoms with Gasteiger partial charge in [-0.25, -0.2) is 4.39 Å². The maximum Gasteiger partial charge on any atom is 0.270 e. The largest absolute Gasteiger partial charge is 0.349 e. The van der Waals surface area contributed by atoms with Crippen LogP contribution in [0.3, 0.4) is 0 Å². The molecule has 1 N–H and O–H groups in total. The highest BCUT2D eigenvalue weighted by Gasteiger charge is 2.20. The summed E-state index contributed by atoms with van der Waals surface area (Å²) in [6.45, 7) is 0. The van der Waals surface area contributed by atoms with Crippen LogP contribution in [0.15, 0.2) is 18.2 Å². The predicted molar refractivity (Wildman–Crippen MR) is 76.6 cm³/mol. The molecule has 0 bridgehead atoms. The monoisotopic (exact) mass is 294 g/mol. The Balaban J connectivity index is 2.08. The summed E-state index contributed by atoms with van der Waals surface area (Å²) in [5, 5.41) is 13.5. The van der Waals surface area contributed by atoms with Gasteiger partial charge in [-0.05, 0) is 18.9 Å². The van der Waals surface area contributed by atoms with Crippen LogP contribution in [-0.2, 0) is 0 Å². The summed E-state index contributed by atoms with van der Waals surface area (Å²) in [5.74, 6) is -1.30. The van der Waals surface area contributed by atoms with Gasteiger partial charge in [0.25, 0.3) is 11.6 Å². The van der Waals surface area contributed by atoms with E-state index in [4.69, 9.17) is 0 Å². The molecular weight excluding hydrogens is 275 g/mol. The molecule has 1 fully saturated rings. The average molecular weight is 294 g/mol. The van der Waals surface area contributed by atoms with Crippen molar-refractivity contribution in [3.8, 4) is 0 Å². The highest BCUT2D eigenvalue weighted by Crippen LogP contribution is 2.20. The molecule has 114 valence electrons. The third-order valence-electron chi connectivity index (χ3n) is 3.85. The van der Waals surface area contributed by atoms with Crippen molar-refractivity contribution in [2.24, 2.45) is 0 Å². The lowest BCUT2D eigenvalue weighted by atomic mass is 9.96. The number of nitrogens with zero attached hydrogens (tertiary/aromatic N) is 1. The lowest BCUT2D eigenvalue weighted by molar-refractivity contribution is -0.384. The summed E-state index contributed by atoms with van der Waals surface area (Å²) in [5.41, 5.74) is -0.537. The van der Waals surface area contributed by atoms with E-state index < -0.39 is 16.6 Å². The van der Waals surface area contributed by atoms with Crippen molar-refractivity contribution in [2.75, 3.05) is 0 Å². The zero-order valence-corrected chi connectivity index (χ0v) is 11.8. The molecule has 0 radical (unpaired) electrons. The van der Waals surface area contributed by atoms with Gasteiger partial charge in [0, 0.05) is 18.2 Å². The highest BCUT2D eigenvalue weighted by molar-refractivity contribution is 5.95. The SMILES string of the molecule is O=C(NC1CCCCCCC1)c1cc([N+](=O)[O-])ccc1F. The molecule has 1 aromatic rings. The molecule has 0 aliphatic heterocycles. The summed E-state index contributed by atoms with van der Waals surface area (Å²) < 4.78 is 13.7. The molecule has 6 heteroatoms. The molecule has 0 aromatic heterocycles. The van der Waals surface area contributed by atoms with E-state index in [0.717, 1.165) is 56.7 Å². The number of nitro groups is 1. The van der Waals surface area contributed by atoms with E-state index in [1.54, 1.807) is 0 Å². The van der Waals surface area contributed by atoms with Crippen LogP contribution in [0.1, 0.15) is 55.3 Å². The molecule has 21 heavy (non-hydrogen) atoms. The zero-order chi connectivity index (χ0) is 15.2. The Bertz CT molecular complexity index is 526. The maximum atomic E-state index is 13.7. The van der Waals surface area contributed by atoms with Gasteiger partial charge < -0.3 is 5.32 Å². The van der Waals surface area contributed by atoms with Crippen LogP contribution in [0.2, 0.25) is 0 Å². The normalized spacial score (nSPS) is 16.8. The lowest BCUT2D eigenvalue weighted by Crippen LogP contribution is -2.35. The second kappa shape index (κ2) is 7.15. The molecule has 5 nitrogen and oxygen atoms in total. The van der Waals surface area contributed by atoms with Gasteiger partial charge >= 0.3 is 0 Å². The van der Waals surface area contributed by atoms with Crippen LogP contribution in [0.5, 0.6) is 0 Å². The second-order valence-corrected chi connectivity index (χ2v) is 5.44.